The predicted octanol–water partition coefficient (Wildman–Crippen LogP) is 3.07. The van der Waals surface area contributed by atoms with Crippen LogP contribution >= 0.6 is 0 Å². The number of methoxy groups -OCH3 is 2. The van der Waals surface area contributed by atoms with Gasteiger partial charge in [-0.3, -0.25) is 14.3 Å². The summed E-state index contributed by atoms with van der Waals surface area (Å²) in [7, 11) is -0.159. The van der Waals surface area contributed by atoms with Crippen molar-refractivity contribution in [3.8, 4) is 17.3 Å². The number of aromatic nitrogens is 7. The highest BCUT2D eigenvalue weighted by atomic mass is 32.2. The van der Waals surface area contributed by atoms with Crippen molar-refractivity contribution in [2.24, 2.45) is 0 Å². The monoisotopic (exact) mass is 592 g/mol. The zero-order valence-electron chi connectivity index (χ0n) is 23.6. The summed E-state index contributed by atoms with van der Waals surface area (Å²) in [6.45, 7) is 1.75. The Bertz CT molecular complexity index is 1790. The molecule has 0 amide bonds. The highest BCUT2D eigenvalue weighted by Gasteiger charge is 2.34. The van der Waals surface area contributed by atoms with Crippen LogP contribution in [0, 0.1) is 0 Å². The molecular weight excluding hydrogens is 560 g/mol. The summed E-state index contributed by atoms with van der Waals surface area (Å²) in [6, 6.07) is 2.89. The van der Waals surface area contributed by atoms with Crippen LogP contribution in [0.4, 0.5) is 5.82 Å². The molecule has 4 heterocycles. The van der Waals surface area contributed by atoms with Crippen molar-refractivity contribution in [1.82, 2.24) is 34.5 Å². The summed E-state index contributed by atoms with van der Waals surface area (Å²) in [6.07, 6.45) is 8.76. The van der Waals surface area contributed by atoms with Crippen LogP contribution in [-0.2, 0) is 21.1 Å². The summed E-state index contributed by atoms with van der Waals surface area (Å²) in [5.74, 6) is 1.15. The maximum absolute atomic E-state index is 14.0. The van der Waals surface area contributed by atoms with Crippen LogP contribution in [0.1, 0.15) is 62.4 Å². The van der Waals surface area contributed by atoms with Crippen molar-refractivity contribution in [2.45, 2.75) is 68.5 Å². The molecule has 0 aliphatic heterocycles. The Morgan fingerprint density at radius 2 is 1.86 bits per heavy atom. The van der Waals surface area contributed by atoms with Gasteiger partial charge in [0.15, 0.2) is 27.1 Å². The number of hydrogen-bond donors (Lipinski definition) is 1. The molecule has 2 fully saturated rings. The molecule has 2 unspecified atom stereocenters. The quantitative estimate of drug-likeness (QED) is 0.287. The van der Waals surface area contributed by atoms with E-state index in [1.54, 1.807) is 38.0 Å². The van der Waals surface area contributed by atoms with Crippen molar-refractivity contribution < 1.29 is 17.9 Å². The highest BCUT2D eigenvalue weighted by Crippen LogP contribution is 2.45. The molecule has 0 radical (unpaired) electrons. The molecule has 2 atom stereocenters. The minimum atomic E-state index is -3.36. The second-order valence-corrected chi connectivity index (χ2v) is 12.7. The lowest BCUT2D eigenvalue weighted by atomic mass is 10.1. The standard InChI is InChI=1S/C28H32N8O5S/c1-4-42(38,39)18-11-10-17(29-13-18)12-30-25-28(37)36(20-6-5-7-21(20)40-2)26-19(34-25)14-31-24(35-26)22-23(16-8-9-16)32-15-33-27(22)41-3/h10-11,13-16,20-21H,4-9,12H2,1-3H3,(H,30,34). The summed E-state index contributed by atoms with van der Waals surface area (Å²) in [5.41, 5.74) is 2.50. The fourth-order valence-electron chi connectivity index (χ4n) is 5.48. The molecule has 42 heavy (non-hydrogen) atoms. The first kappa shape index (κ1) is 28.1. The minimum Gasteiger partial charge on any atom is -0.480 e. The lowest BCUT2D eigenvalue weighted by molar-refractivity contribution is 0.0751. The molecule has 220 valence electrons. The minimum absolute atomic E-state index is 0.00772. The lowest BCUT2D eigenvalue weighted by Crippen LogP contribution is -2.33. The largest absolute Gasteiger partial charge is 0.480 e. The maximum Gasteiger partial charge on any atom is 0.295 e. The summed E-state index contributed by atoms with van der Waals surface area (Å²) < 4.78 is 37.3. The van der Waals surface area contributed by atoms with Gasteiger partial charge >= 0.3 is 0 Å². The Balaban J connectivity index is 1.42. The molecule has 2 aliphatic carbocycles. The lowest BCUT2D eigenvalue weighted by Gasteiger charge is -2.23. The van der Waals surface area contributed by atoms with Gasteiger partial charge in [0, 0.05) is 19.2 Å². The van der Waals surface area contributed by atoms with Gasteiger partial charge in [0.1, 0.15) is 17.4 Å². The average molecular weight is 593 g/mol. The van der Waals surface area contributed by atoms with Gasteiger partial charge in [-0.2, -0.15) is 0 Å². The predicted molar refractivity (Wildman–Crippen MR) is 154 cm³/mol. The first-order valence-electron chi connectivity index (χ1n) is 14.0. The fraction of sp³-hybridized carbons (Fsp3) is 0.464. The summed E-state index contributed by atoms with van der Waals surface area (Å²) in [4.78, 5) is 41.3. The van der Waals surface area contributed by atoms with Gasteiger partial charge in [-0.1, -0.05) is 6.92 Å². The molecule has 0 spiro atoms. The van der Waals surface area contributed by atoms with E-state index in [2.05, 4.69) is 30.2 Å². The van der Waals surface area contributed by atoms with Crippen LogP contribution in [0.25, 0.3) is 22.6 Å². The van der Waals surface area contributed by atoms with E-state index >= 15 is 0 Å². The Kier molecular flexibility index (Phi) is 7.58. The van der Waals surface area contributed by atoms with Crippen LogP contribution in [0.15, 0.2) is 40.5 Å². The summed E-state index contributed by atoms with van der Waals surface area (Å²) >= 11 is 0. The number of nitrogens with zero attached hydrogens (tertiary/aromatic N) is 7. The number of anilines is 1. The van der Waals surface area contributed by atoms with Crippen molar-refractivity contribution in [1.29, 1.82) is 0 Å². The van der Waals surface area contributed by atoms with Gasteiger partial charge < -0.3 is 14.8 Å². The van der Waals surface area contributed by atoms with Gasteiger partial charge in [-0.05, 0) is 44.2 Å². The third-order valence-electron chi connectivity index (χ3n) is 7.88. The van der Waals surface area contributed by atoms with Gasteiger partial charge in [-0.25, -0.2) is 33.3 Å². The third kappa shape index (κ3) is 5.20. The van der Waals surface area contributed by atoms with Crippen LogP contribution < -0.4 is 15.6 Å². The van der Waals surface area contributed by atoms with E-state index in [-0.39, 0.29) is 40.7 Å². The number of fused-ring (bicyclic) bond motifs is 1. The van der Waals surface area contributed by atoms with Crippen LogP contribution in [0.3, 0.4) is 0 Å². The molecule has 1 N–H and O–H groups in total. The van der Waals surface area contributed by atoms with E-state index in [0.29, 0.717) is 40.0 Å². The van der Waals surface area contributed by atoms with E-state index in [4.69, 9.17) is 14.5 Å². The zero-order valence-corrected chi connectivity index (χ0v) is 24.5. The van der Waals surface area contributed by atoms with E-state index in [1.165, 1.54) is 18.6 Å². The first-order chi connectivity index (χ1) is 20.3. The second-order valence-electron chi connectivity index (χ2n) is 10.5. The van der Waals surface area contributed by atoms with Crippen molar-refractivity contribution >= 4 is 26.8 Å². The van der Waals surface area contributed by atoms with Crippen LogP contribution in [-0.4, -0.2) is 69.0 Å². The SMILES string of the molecule is CCS(=O)(=O)c1ccc(CNc2nc3cnc(-c4c(OC)ncnc4C4CC4)nc3n(C3CCCC3OC)c2=O)nc1. The summed E-state index contributed by atoms with van der Waals surface area (Å²) in [5, 5.41) is 3.09. The molecule has 0 bridgehead atoms. The van der Waals surface area contributed by atoms with Gasteiger partial charge in [0.05, 0.1) is 54.0 Å². The van der Waals surface area contributed by atoms with E-state index in [0.717, 1.165) is 37.8 Å². The van der Waals surface area contributed by atoms with Crippen molar-refractivity contribution in [3.05, 3.63) is 52.6 Å². The Morgan fingerprint density at radius 1 is 1.02 bits per heavy atom. The zero-order chi connectivity index (χ0) is 29.4. The van der Waals surface area contributed by atoms with Gasteiger partial charge in [-0.15, -0.1) is 0 Å². The van der Waals surface area contributed by atoms with E-state index < -0.39 is 9.84 Å². The Hall–Kier alpha value is -4.04. The van der Waals surface area contributed by atoms with Crippen molar-refractivity contribution in [2.75, 3.05) is 25.3 Å². The number of pyridine rings is 1. The Labute approximate surface area is 242 Å². The van der Waals surface area contributed by atoms with Gasteiger partial charge in [0.25, 0.3) is 5.56 Å². The molecule has 4 aromatic heterocycles. The third-order valence-corrected chi connectivity index (χ3v) is 9.60. The number of ether oxygens (including phenoxy) is 2. The van der Waals surface area contributed by atoms with E-state index in [1.807, 2.05) is 0 Å². The molecule has 13 nitrogen and oxygen atoms in total. The molecule has 6 rings (SSSR count). The van der Waals surface area contributed by atoms with Gasteiger partial charge in [0.2, 0.25) is 5.88 Å². The Morgan fingerprint density at radius 3 is 2.55 bits per heavy atom. The normalized spacial score (nSPS) is 18.8. The van der Waals surface area contributed by atoms with Crippen LogP contribution in [0.2, 0.25) is 0 Å². The molecular formula is C28H32N8O5S. The number of nitrogens with one attached hydrogen (secondary N) is 1. The van der Waals surface area contributed by atoms with Crippen LogP contribution in [0.5, 0.6) is 5.88 Å². The average Bonchev–Trinajstić information content (AvgIpc) is 3.76. The molecule has 2 aliphatic rings. The number of sulfone groups is 1. The van der Waals surface area contributed by atoms with E-state index in [9.17, 15) is 13.2 Å². The topological polar surface area (TPSA) is 164 Å². The highest BCUT2D eigenvalue weighted by molar-refractivity contribution is 7.91. The van der Waals surface area contributed by atoms with Crippen molar-refractivity contribution in [3.63, 3.8) is 0 Å². The second kappa shape index (κ2) is 11.3. The maximum atomic E-state index is 14.0. The number of hydrogen-bond acceptors (Lipinski definition) is 12. The molecule has 14 heteroatoms. The number of rotatable bonds is 10. The smallest absolute Gasteiger partial charge is 0.295 e. The molecule has 0 aromatic carbocycles. The first-order valence-corrected chi connectivity index (χ1v) is 15.6. The molecule has 4 aromatic rings. The molecule has 2 saturated carbocycles. The fourth-order valence-corrected chi connectivity index (χ4v) is 6.30. The molecule has 0 saturated heterocycles.